The van der Waals surface area contributed by atoms with Crippen molar-refractivity contribution >= 4 is 22.8 Å². The molecule has 3 heterocycles. The normalized spacial score (nSPS) is 17.0. The van der Waals surface area contributed by atoms with Crippen LogP contribution in [0.5, 0.6) is 11.6 Å². The lowest BCUT2D eigenvalue weighted by Crippen LogP contribution is -2.44. The molecular formula is C29H33ClN6O2. The summed E-state index contributed by atoms with van der Waals surface area (Å²) in [7, 11) is 0. The Bertz CT molecular complexity index is 1400. The maximum Gasteiger partial charge on any atom is 0.245 e. The quantitative estimate of drug-likeness (QED) is 0.320. The van der Waals surface area contributed by atoms with E-state index in [4.69, 9.17) is 26.1 Å². The Labute approximate surface area is 228 Å². The zero-order chi connectivity index (χ0) is 26.0. The molecule has 198 valence electrons. The predicted octanol–water partition coefficient (Wildman–Crippen LogP) is 4.60. The van der Waals surface area contributed by atoms with E-state index in [0.29, 0.717) is 29.6 Å². The van der Waals surface area contributed by atoms with Gasteiger partial charge in [-0.3, -0.25) is 4.90 Å². The average Bonchev–Trinajstić information content (AvgIpc) is 3.54. The van der Waals surface area contributed by atoms with Gasteiger partial charge in [0.2, 0.25) is 5.88 Å². The Kier molecular flexibility index (Phi) is 7.19. The van der Waals surface area contributed by atoms with E-state index >= 15 is 0 Å². The second-order valence-corrected chi connectivity index (χ2v) is 10.7. The fraction of sp³-hybridized carbons (Fsp3) is 0.414. The second kappa shape index (κ2) is 10.9. The number of aryl methyl sites for hydroxylation is 2. The summed E-state index contributed by atoms with van der Waals surface area (Å²) in [4.78, 5) is 16.5. The van der Waals surface area contributed by atoms with E-state index < -0.39 is 0 Å². The lowest BCUT2D eigenvalue weighted by Gasteiger charge is -2.26. The monoisotopic (exact) mass is 532 g/mol. The Morgan fingerprint density at radius 1 is 1.03 bits per heavy atom. The lowest BCUT2D eigenvalue weighted by molar-refractivity contribution is 0.191. The largest absolute Gasteiger partial charge is 0.492 e. The zero-order valence-electron chi connectivity index (χ0n) is 21.7. The number of rotatable bonds is 10. The van der Waals surface area contributed by atoms with Gasteiger partial charge in [-0.2, -0.15) is 4.98 Å². The molecule has 2 aromatic carbocycles. The number of fused-ring (bicyclic) bond motifs is 1. The molecule has 0 amide bonds. The van der Waals surface area contributed by atoms with Gasteiger partial charge in [-0.05, 0) is 49.9 Å². The molecule has 2 aromatic heterocycles. The summed E-state index contributed by atoms with van der Waals surface area (Å²) >= 11 is 6.85. The van der Waals surface area contributed by atoms with Crippen molar-refractivity contribution in [1.82, 2.24) is 29.7 Å². The van der Waals surface area contributed by atoms with Gasteiger partial charge < -0.3 is 19.4 Å². The van der Waals surface area contributed by atoms with E-state index in [2.05, 4.69) is 55.9 Å². The van der Waals surface area contributed by atoms with Crippen molar-refractivity contribution in [2.75, 3.05) is 39.3 Å². The number of imidazole rings is 1. The first-order valence-electron chi connectivity index (χ1n) is 13.4. The smallest absolute Gasteiger partial charge is 0.245 e. The predicted molar refractivity (Wildman–Crippen MR) is 149 cm³/mol. The minimum Gasteiger partial charge on any atom is -0.492 e. The molecule has 0 spiro atoms. The summed E-state index contributed by atoms with van der Waals surface area (Å²) in [5.74, 6) is 2.03. The molecule has 2 aliphatic rings. The summed E-state index contributed by atoms with van der Waals surface area (Å²) in [5.41, 5.74) is 3.32. The third-order valence-corrected chi connectivity index (χ3v) is 7.64. The number of hydrogen-bond donors (Lipinski definition) is 1. The van der Waals surface area contributed by atoms with Crippen LogP contribution in [0.1, 0.15) is 25.3 Å². The van der Waals surface area contributed by atoms with Gasteiger partial charge >= 0.3 is 0 Å². The highest BCUT2D eigenvalue weighted by Gasteiger charge is 2.41. The molecule has 0 radical (unpaired) electrons. The molecule has 1 saturated heterocycles. The first-order valence-corrected chi connectivity index (χ1v) is 13.8. The standard InChI is InChI=1S/C29H33ClN6O2/c1-29(10-11-29)38-28-25-27(32-20-33-28)36(14-9-21-5-3-2-4-6-21)26(34-25)23-8-7-22(19-24(23)30)37-18-17-35-15-12-31-13-16-35/h2-8,19-20,31H,9-18H2,1H3. The van der Waals surface area contributed by atoms with Gasteiger partial charge in [-0.1, -0.05) is 41.9 Å². The van der Waals surface area contributed by atoms with Gasteiger partial charge in [-0.25, -0.2) is 9.97 Å². The van der Waals surface area contributed by atoms with Crippen LogP contribution in [0.4, 0.5) is 0 Å². The van der Waals surface area contributed by atoms with Crippen LogP contribution in [-0.2, 0) is 13.0 Å². The van der Waals surface area contributed by atoms with E-state index in [9.17, 15) is 0 Å². The van der Waals surface area contributed by atoms with Crippen molar-refractivity contribution in [2.45, 2.75) is 38.3 Å². The highest BCUT2D eigenvalue weighted by Crippen LogP contribution is 2.41. The highest BCUT2D eigenvalue weighted by molar-refractivity contribution is 6.33. The van der Waals surface area contributed by atoms with Crippen LogP contribution in [0.25, 0.3) is 22.6 Å². The third kappa shape index (κ3) is 5.62. The fourth-order valence-electron chi connectivity index (χ4n) is 4.80. The van der Waals surface area contributed by atoms with Crippen molar-refractivity contribution in [1.29, 1.82) is 0 Å². The van der Waals surface area contributed by atoms with Crippen molar-refractivity contribution in [3.63, 3.8) is 0 Å². The van der Waals surface area contributed by atoms with Gasteiger partial charge in [0.25, 0.3) is 0 Å². The van der Waals surface area contributed by atoms with Crippen LogP contribution in [0, 0.1) is 0 Å². The number of nitrogens with one attached hydrogen (secondary N) is 1. The third-order valence-electron chi connectivity index (χ3n) is 7.33. The first-order chi connectivity index (χ1) is 18.6. The molecule has 0 unspecified atom stereocenters. The van der Waals surface area contributed by atoms with E-state index in [-0.39, 0.29) is 5.60 Å². The number of ether oxygens (including phenoxy) is 2. The number of benzene rings is 2. The Balaban J connectivity index is 1.28. The number of aromatic nitrogens is 4. The highest BCUT2D eigenvalue weighted by atomic mass is 35.5. The molecule has 9 heteroatoms. The zero-order valence-corrected chi connectivity index (χ0v) is 22.5. The molecule has 4 aromatic rings. The Morgan fingerprint density at radius 3 is 2.61 bits per heavy atom. The van der Waals surface area contributed by atoms with Gasteiger partial charge in [-0.15, -0.1) is 0 Å². The summed E-state index contributed by atoms with van der Waals surface area (Å²) in [6, 6.07) is 16.3. The molecule has 1 N–H and O–H groups in total. The van der Waals surface area contributed by atoms with Gasteiger partial charge in [0, 0.05) is 44.8 Å². The van der Waals surface area contributed by atoms with Gasteiger partial charge in [0.05, 0.1) is 5.02 Å². The average molecular weight is 533 g/mol. The molecule has 1 aliphatic heterocycles. The van der Waals surface area contributed by atoms with E-state index in [1.54, 1.807) is 6.33 Å². The summed E-state index contributed by atoms with van der Waals surface area (Å²) < 4.78 is 14.4. The maximum absolute atomic E-state index is 6.85. The van der Waals surface area contributed by atoms with E-state index in [1.807, 2.05) is 24.3 Å². The minimum absolute atomic E-state index is 0.170. The second-order valence-electron chi connectivity index (χ2n) is 10.3. The van der Waals surface area contributed by atoms with Crippen molar-refractivity contribution in [3.05, 3.63) is 65.4 Å². The van der Waals surface area contributed by atoms with Gasteiger partial charge in [0.15, 0.2) is 11.2 Å². The van der Waals surface area contributed by atoms with Crippen LogP contribution in [0.3, 0.4) is 0 Å². The number of piperazine rings is 1. The van der Waals surface area contributed by atoms with Crippen LogP contribution < -0.4 is 14.8 Å². The van der Waals surface area contributed by atoms with Crippen molar-refractivity contribution in [3.8, 4) is 23.0 Å². The molecule has 6 rings (SSSR count). The molecule has 0 bridgehead atoms. The van der Waals surface area contributed by atoms with Crippen LogP contribution >= 0.6 is 11.6 Å². The topological polar surface area (TPSA) is 77.3 Å². The number of hydrogen-bond acceptors (Lipinski definition) is 7. The van der Waals surface area contributed by atoms with Crippen LogP contribution in [0.15, 0.2) is 54.9 Å². The fourth-order valence-corrected chi connectivity index (χ4v) is 5.05. The number of nitrogens with zero attached hydrogens (tertiary/aromatic N) is 5. The summed E-state index contributed by atoms with van der Waals surface area (Å²) in [6.45, 7) is 8.49. The minimum atomic E-state index is -0.170. The molecular weight excluding hydrogens is 500 g/mol. The van der Waals surface area contributed by atoms with Crippen molar-refractivity contribution < 1.29 is 9.47 Å². The Hall–Kier alpha value is -3.20. The van der Waals surface area contributed by atoms with E-state index in [0.717, 1.165) is 74.8 Å². The molecule has 8 nitrogen and oxygen atoms in total. The van der Waals surface area contributed by atoms with Gasteiger partial charge in [0.1, 0.15) is 30.1 Å². The summed E-state index contributed by atoms with van der Waals surface area (Å²) in [6.07, 6.45) is 4.43. The molecule has 0 atom stereocenters. The van der Waals surface area contributed by atoms with Crippen molar-refractivity contribution in [2.24, 2.45) is 0 Å². The SMILES string of the molecule is CC1(Oc2ncnc3c2nc(-c2ccc(OCCN4CCNCC4)cc2Cl)n3CCc2ccccc2)CC1. The van der Waals surface area contributed by atoms with Crippen LogP contribution in [-0.4, -0.2) is 69.4 Å². The molecule has 1 aliphatic carbocycles. The Morgan fingerprint density at radius 2 is 1.84 bits per heavy atom. The molecule has 2 fully saturated rings. The number of halogens is 1. The maximum atomic E-state index is 6.85. The molecule has 38 heavy (non-hydrogen) atoms. The molecule has 1 saturated carbocycles. The lowest BCUT2D eigenvalue weighted by atomic mass is 10.1. The first kappa shape index (κ1) is 25.1. The van der Waals surface area contributed by atoms with E-state index in [1.165, 1.54) is 5.56 Å². The summed E-state index contributed by atoms with van der Waals surface area (Å²) in [5, 5.41) is 3.97. The van der Waals surface area contributed by atoms with Crippen LogP contribution in [0.2, 0.25) is 5.02 Å².